The summed E-state index contributed by atoms with van der Waals surface area (Å²) in [6.07, 6.45) is 0. The van der Waals surface area contributed by atoms with E-state index in [0.717, 1.165) is 11.3 Å². The molecule has 1 rings (SSSR count). The number of ether oxygens (including phenoxy) is 1. The molecular weight excluding hydrogens is 174 g/mol. The van der Waals surface area contributed by atoms with Gasteiger partial charge >= 0.3 is 0 Å². The Bertz CT molecular complexity index is 238. The molecule has 0 radical (unpaired) electrons. The number of halogens is 1. The molecule has 0 heterocycles. The van der Waals surface area contributed by atoms with Gasteiger partial charge in [-0.3, -0.25) is 0 Å². The van der Waals surface area contributed by atoms with E-state index in [9.17, 15) is 0 Å². The molecule has 3 heteroatoms. The van der Waals surface area contributed by atoms with Crippen LogP contribution in [0.25, 0.3) is 0 Å². The zero-order valence-electron chi connectivity index (χ0n) is 7.28. The molecule has 0 saturated carbocycles. The van der Waals surface area contributed by atoms with Crippen LogP contribution < -0.4 is 10.5 Å². The van der Waals surface area contributed by atoms with E-state index in [2.05, 4.69) is 0 Å². The Morgan fingerprint density at radius 1 is 1.42 bits per heavy atom. The lowest BCUT2D eigenvalue weighted by Crippen LogP contribution is -2.04. The fourth-order valence-corrected chi connectivity index (χ4v) is 0.925. The highest BCUT2D eigenvalue weighted by molar-refractivity contribution is 5.85. The molecule has 0 spiro atoms. The van der Waals surface area contributed by atoms with Crippen LogP contribution in [0.5, 0.6) is 5.75 Å². The molecule has 0 fully saturated rings. The summed E-state index contributed by atoms with van der Waals surface area (Å²) in [5, 5.41) is 0. The first kappa shape index (κ1) is 11.3. The Morgan fingerprint density at radius 2 is 2.08 bits per heavy atom. The van der Waals surface area contributed by atoms with E-state index in [1.165, 1.54) is 0 Å². The highest BCUT2D eigenvalue weighted by Crippen LogP contribution is 2.16. The lowest BCUT2D eigenvalue weighted by atomic mass is 10.1. The average Bonchev–Trinajstić information content (AvgIpc) is 2.05. The molecule has 12 heavy (non-hydrogen) atoms. The van der Waals surface area contributed by atoms with Gasteiger partial charge in [-0.05, 0) is 24.6 Å². The molecule has 0 aromatic heterocycles. The van der Waals surface area contributed by atoms with Crippen molar-refractivity contribution in [2.75, 3.05) is 7.11 Å². The van der Waals surface area contributed by atoms with E-state index in [4.69, 9.17) is 10.5 Å². The number of hydrogen-bond donors (Lipinski definition) is 1. The predicted octanol–water partition coefficient (Wildman–Crippen LogP) is 2.14. The van der Waals surface area contributed by atoms with Gasteiger partial charge in [-0.25, -0.2) is 0 Å². The third-order valence-electron chi connectivity index (χ3n) is 1.62. The maximum absolute atomic E-state index is 5.68. The molecule has 0 saturated heterocycles. The van der Waals surface area contributed by atoms with E-state index in [0.29, 0.717) is 0 Å². The lowest BCUT2D eigenvalue weighted by Gasteiger charge is -2.06. The van der Waals surface area contributed by atoms with Crippen LogP contribution in [0.2, 0.25) is 0 Å². The van der Waals surface area contributed by atoms with E-state index in [1.807, 2.05) is 31.2 Å². The summed E-state index contributed by atoms with van der Waals surface area (Å²) in [6, 6.07) is 7.87. The Hall–Kier alpha value is -0.730. The van der Waals surface area contributed by atoms with Crippen molar-refractivity contribution in [2.45, 2.75) is 13.0 Å². The highest BCUT2D eigenvalue weighted by Gasteiger charge is 1.98. The maximum atomic E-state index is 5.68. The molecule has 0 aliphatic carbocycles. The number of methoxy groups -OCH3 is 1. The van der Waals surface area contributed by atoms with Crippen LogP contribution in [0.3, 0.4) is 0 Å². The number of benzene rings is 1. The third-order valence-corrected chi connectivity index (χ3v) is 1.62. The summed E-state index contributed by atoms with van der Waals surface area (Å²) in [7, 11) is 1.65. The van der Waals surface area contributed by atoms with Crippen LogP contribution in [-0.4, -0.2) is 7.11 Å². The van der Waals surface area contributed by atoms with Crippen LogP contribution in [0.4, 0.5) is 0 Å². The molecule has 1 atom stereocenters. The van der Waals surface area contributed by atoms with Crippen molar-refractivity contribution >= 4 is 12.4 Å². The van der Waals surface area contributed by atoms with Gasteiger partial charge in [0.05, 0.1) is 7.11 Å². The van der Waals surface area contributed by atoms with Crippen LogP contribution >= 0.6 is 12.4 Å². The molecule has 1 aromatic carbocycles. The second kappa shape index (κ2) is 5.01. The van der Waals surface area contributed by atoms with Gasteiger partial charge in [0.15, 0.2) is 0 Å². The first-order valence-electron chi connectivity index (χ1n) is 3.63. The van der Waals surface area contributed by atoms with Crippen molar-refractivity contribution < 1.29 is 4.74 Å². The molecule has 2 N–H and O–H groups in total. The van der Waals surface area contributed by atoms with E-state index >= 15 is 0 Å². The quantitative estimate of drug-likeness (QED) is 0.770. The van der Waals surface area contributed by atoms with E-state index in [-0.39, 0.29) is 18.4 Å². The van der Waals surface area contributed by atoms with Crippen LogP contribution in [0.15, 0.2) is 24.3 Å². The lowest BCUT2D eigenvalue weighted by molar-refractivity contribution is 0.414. The Kier molecular flexibility index (Phi) is 4.71. The Morgan fingerprint density at radius 3 is 2.58 bits per heavy atom. The van der Waals surface area contributed by atoms with E-state index < -0.39 is 0 Å². The number of hydrogen-bond acceptors (Lipinski definition) is 2. The van der Waals surface area contributed by atoms with Crippen LogP contribution in [0, 0.1) is 0 Å². The Balaban J connectivity index is 0.00000121. The minimum Gasteiger partial charge on any atom is -0.497 e. The van der Waals surface area contributed by atoms with E-state index in [1.54, 1.807) is 7.11 Å². The van der Waals surface area contributed by atoms with Gasteiger partial charge in [0.2, 0.25) is 0 Å². The van der Waals surface area contributed by atoms with Crippen molar-refractivity contribution in [1.29, 1.82) is 0 Å². The normalized spacial score (nSPS) is 11.6. The summed E-state index contributed by atoms with van der Waals surface area (Å²) in [4.78, 5) is 0. The van der Waals surface area contributed by atoms with Gasteiger partial charge in [0.1, 0.15) is 5.75 Å². The largest absolute Gasteiger partial charge is 0.497 e. The van der Waals surface area contributed by atoms with Crippen molar-refractivity contribution in [3.05, 3.63) is 29.8 Å². The highest BCUT2D eigenvalue weighted by atomic mass is 35.5. The topological polar surface area (TPSA) is 35.2 Å². The predicted molar refractivity (Wildman–Crippen MR) is 52.8 cm³/mol. The molecule has 0 bridgehead atoms. The second-order valence-electron chi connectivity index (χ2n) is 2.57. The number of rotatable bonds is 2. The minimum atomic E-state index is 0. The first-order valence-corrected chi connectivity index (χ1v) is 3.63. The fraction of sp³-hybridized carbons (Fsp3) is 0.333. The zero-order chi connectivity index (χ0) is 8.27. The maximum Gasteiger partial charge on any atom is 0.119 e. The van der Waals surface area contributed by atoms with Gasteiger partial charge in [0, 0.05) is 6.04 Å². The zero-order valence-corrected chi connectivity index (χ0v) is 8.10. The standard InChI is InChI=1S/C9H13NO.ClH/c1-7(10)8-4-3-5-9(6-8)11-2;/h3-7H,10H2,1-2H3;1H/t7-;/m1./s1. The average molecular weight is 188 g/mol. The van der Waals surface area contributed by atoms with Gasteiger partial charge in [0.25, 0.3) is 0 Å². The Labute approximate surface area is 79.1 Å². The fourth-order valence-electron chi connectivity index (χ4n) is 0.925. The molecule has 0 unspecified atom stereocenters. The van der Waals surface area contributed by atoms with Crippen molar-refractivity contribution in [2.24, 2.45) is 5.73 Å². The van der Waals surface area contributed by atoms with Gasteiger partial charge in [-0.1, -0.05) is 12.1 Å². The van der Waals surface area contributed by atoms with Gasteiger partial charge in [-0.15, -0.1) is 12.4 Å². The molecule has 2 nitrogen and oxygen atoms in total. The van der Waals surface area contributed by atoms with Crippen LogP contribution in [-0.2, 0) is 0 Å². The third kappa shape index (κ3) is 2.72. The summed E-state index contributed by atoms with van der Waals surface area (Å²) in [6.45, 7) is 1.95. The molecular formula is C9H14ClNO. The van der Waals surface area contributed by atoms with Gasteiger partial charge < -0.3 is 10.5 Å². The van der Waals surface area contributed by atoms with Gasteiger partial charge in [-0.2, -0.15) is 0 Å². The van der Waals surface area contributed by atoms with Crippen LogP contribution in [0.1, 0.15) is 18.5 Å². The van der Waals surface area contributed by atoms with Crippen molar-refractivity contribution in [1.82, 2.24) is 0 Å². The minimum absolute atomic E-state index is 0. The molecule has 0 amide bonds. The SMILES string of the molecule is COc1cccc([C@@H](C)N)c1.Cl. The van der Waals surface area contributed by atoms with Crippen molar-refractivity contribution in [3.8, 4) is 5.75 Å². The number of nitrogens with two attached hydrogens (primary N) is 1. The van der Waals surface area contributed by atoms with Crippen molar-refractivity contribution in [3.63, 3.8) is 0 Å². The smallest absolute Gasteiger partial charge is 0.119 e. The molecule has 68 valence electrons. The summed E-state index contributed by atoms with van der Waals surface area (Å²) in [5.41, 5.74) is 6.78. The monoisotopic (exact) mass is 187 g/mol. The molecule has 0 aliphatic heterocycles. The second-order valence-corrected chi connectivity index (χ2v) is 2.57. The summed E-state index contributed by atoms with van der Waals surface area (Å²) >= 11 is 0. The molecule has 1 aromatic rings. The first-order chi connectivity index (χ1) is 5.24. The molecule has 0 aliphatic rings. The summed E-state index contributed by atoms with van der Waals surface area (Å²) in [5.74, 6) is 0.861. The summed E-state index contributed by atoms with van der Waals surface area (Å²) < 4.78 is 5.05.